The number of nitrogens with two attached hydrogens (primary N) is 1. The highest BCUT2D eigenvalue weighted by Crippen LogP contribution is 2.24. The number of likely N-dealkylation sites (tertiary alicyclic amines) is 1. The Balaban J connectivity index is 2.19. The zero-order valence-electron chi connectivity index (χ0n) is 10.3. The number of anilines is 1. The van der Waals surface area contributed by atoms with E-state index < -0.39 is 0 Å². The van der Waals surface area contributed by atoms with Crippen molar-refractivity contribution in [1.29, 1.82) is 0 Å². The lowest BCUT2D eigenvalue weighted by atomic mass is 9.92. The second-order valence-corrected chi connectivity index (χ2v) is 4.69. The fourth-order valence-corrected chi connectivity index (χ4v) is 2.25. The van der Waals surface area contributed by atoms with Gasteiger partial charge in [0.2, 0.25) is 0 Å². The Morgan fingerprint density at radius 3 is 2.94 bits per heavy atom. The van der Waals surface area contributed by atoms with E-state index in [4.69, 9.17) is 5.73 Å². The van der Waals surface area contributed by atoms with Gasteiger partial charge >= 0.3 is 0 Å². The molecule has 2 heterocycles. The fourth-order valence-electron chi connectivity index (χ4n) is 2.25. The zero-order chi connectivity index (χ0) is 12.4. The summed E-state index contributed by atoms with van der Waals surface area (Å²) < 4.78 is 0. The average molecular weight is 234 g/mol. The first-order valence-electron chi connectivity index (χ1n) is 5.98. The van der Waals surface area contributed by atoms with Gasteiger partial charge in [0.25, 0.3) is 5.91 Å². The van der Waals surface area contributed by atoms with Crippen molar-refractivity contribution in [3.8, 4) is 0 Å². The number of hydrogen-bond donors (Lipinski definition) is 1. The molecule has 5 heteroatoms. The Labute approximate surface area is 101 Å². The van der Waals surface area contributed by atoms with Crippen LogP contribution in [-0.2, 0) is 0 Å². The summed E-state index contributed by atoms with van der Waals surface area (Å²) in [6.07, 6.45) is 5.14. The van der Waals surface area contributed by atoms with Gasteiger partial charge in [0.15, 0.2) is 0 Å². The van der Waals surface area contributed by atoms with Gasteiger partial charge in [-0.2, -0.15) is 0 Å². The monoisotopic (exact) mass is 234 g/mol. The Bertz CT molecular complexity index is 421. The summed E-state index contributed by atoms with van der Waals surface area (Å²) in [5.41, 5.74) is 5.88. The van der Waals surface area contributed by atoms with Crippen molar-refractivity contribution >= 4 is 11.7 Å². The Morgan fingerprint density at radius 1 is 1.47 bits per heavy atom. The second kappa shape index (κ2) is 4.69. The van der Waals surface area contributed by atoms with Gasteiger partial charge in [-0.1, -0.05) is 6.92 Å². The number of nitrogens with zero attached hydrogens (tertiary/aromatic N) is 3. The molecule has 1 aromatic heterocycles. The minimum Gasteiger partial charge on any atom is -0.382 e. The molecule has 1 aliphatic heterocycles. The molecule has 0 aliphatic carbocycles. The molecule has 92 valence electrons. The van der Waals surface area contributed by atoms with Crippen LogP contribution in [0.5, 0.6) is 0 Å². The SMILES string of the molecule is CC1CCCN(C(=O)c2cncc(N)n2)C1C. The summed E-state index contributed by atoms with van der Waals surface area (Å²) in [7, 11) is 0. The van der Waals surface area contributed by atoms with Crippen molar-refractivity contribution in [2.75, 3.05) is 12.3 Å². The first-order valence-corrected chi connectivity index (χ1v) is 5.98. The maximum Gasteiger partial charge on any atom is 0.274 e. The van der Waals surface area contributed by atoms with Crippen LogP contribution in [0.1, 0.15) is 37.2 Å². The number of aromatic nitrogens is 2. The first-order chi connectivity index (χ1) is 8.09. The molecule has 1 aromatic rings. The number of amides is 1. The van der Waals surface area contributed by atoms with Crippen LogP contribution >= 0.6 is 0 Å². The Kier molecular flexibility index (Phi) is 3.26. The predicted octanol–water partition coefficient (Wildman–Crippen LogP) is 1.32. The van der Waals surface area contributed by atoms with Crippen LogP contribution in [0, 0.1) is 5.92 Å². The maximum atomic E-state index is 12.3. The summed E-state index contributed by atoms with van der Waals surface area (Å²) in [6.45, 7) is 5.05. The van der Waals surface area contributed by atoms with E-state index >= 15 is 0 Å². The minimum atomic E-state index is -0.0659. The van der Waals surface area contributed by atoms with E-state index in [0.29, 0.717) is 11.6 Å². The van der Waals surface area contributed by atoms with Gasteiger partial charge in [0.1, 0.15) is 11.5 Å². The minimum absolute atomic E-state index is 0.0659. The zero-order valence-corrected chi connectivity index (χ0v) is 10.3. The molecular weight excluding hydrogens is 216 g/mol. The number of hydrogen-bond acceptors (Lipinski definition) is 4. The lowest BCUT2D eigenvalue weighted by Gasteiger charge is -2.37. The number of piperidine rings is 1. The van der Waals surface area contributed by atoms with E-state index in [1.807, 2.05) is 4.90 Å². The molecule has 0 spiro atoms. The largest absolute Gasteiger partial charge is 0.382 e. The van der Waals surface area contributed by atoms with Crippen LogP contribution in [-0.4, -0.2) is 33.4 Å². The third kappa shape index (κ3) is 2.38. The van der Waals surface area contributed by atoms with Crippen LogP contribution in [0.2, 0.25) is 0 Å². The Hall–Kier alpha value is -1.65. The van der Waals surface area contributed by atoms with E-state index in [9.17, 15) is 4.79 Å². The van der Waals surface area contributed by atoms with E-state index in [2.05, 4.69) is 23.8 Å². The van der Waals surface area contributed by atoms with E-state index in [-0.39, 0.29) is 17.8 Å². The molecule has 1 amide bonds. The molecule has 2 N–H and O–H groups in total. The van der Waals surface area contributed by atoms with Crippen molar-refractivity contribution in [2.24, 2.45) is 5.92 Å². The van der Waals surface area contributed by atoms with Crippen molar-refractivity contribution in [3.63, 3.8) is 0 Å². The molecule has 1 aliphatic rings. The van der Waals surface area contributed by atoms with Gasteiger partial charge in [-0.05, 0) is 25.7 Å². The van der Waals surface area contributed by atoms with Crippen molar-refractivity contribution in [2.45, 2.75) is 32.7 Å². The summed E-state index contributed by atoms with van der Waals surface area (Å²) >= 11 is 0. The van der Waals surface area contributed by atoms with Crippen LogP contribution in [0.4, 0.5) is 5.82 Å². The summed E-state index contributed by atoms with van der Waals surface area (Å²) in [5, 5.41) is 0. The molecule has 17 heavy (non-hydrogen) atoms. The maximum absolute atomic E-state index is 12.3. The normalized spacial score (nSPS) is 24.7. The van der Waals surface area contributed by atoms with Crippen molar-refractivity contribution in [1.82, 2.24) is 14.9 Å². The molecule has 5 nitrogen and oxygen atoms in total. The number of nitrogen functional groups attached to an aromatic ring is 1. The third-order valence-corrected chi connectivity index (χ3v) is 3.51. The van der Waals surface area contributed by atoms with Crippen molar-refractivity contribution < 1.29 is 4.79 Å². The highest BCUT2D eigenvalue weighted by Gasteiger charge is 2.29. The lowest BCUT2D eigenvalue weighted by Crippen LogP contribution is -2.46. The second-order valence-electron chi connectivity index (χ2n) is 4.69. The highest BCUT2D eigenvalue weighted by molar-refractivity contribution is 5.92. The van der Waals surface area contributed by atoms with Crippen LogP contribution in [0.25, 0.3) is 0 Å². The summed E-state index contributed by atoms with van der Waals surface area (Å²) in [6, 6.07) is 0.250. The molecular formula is C12H18N4O. The average Bonchev–Trinajstić information content (AvgIpc) is 2.32. The fraction of sp³-hybridized carbons (Fsp3) is 0.583. The van der Waals surface area contributed by atoms with E-state index in [1.165, 1.54) is 18.8 Å². The van der Waals surface area contributed by atoms with E-state index in [0.717, 1.165) is 13.0 Å². The number of rotatable bonds is 1. The molecule has 0 aromatic carbocycles. The molecule has 1 saturated heterocycles. The van der Waals surface area contributed by atoms with Gasteiger partial charge in [-0.3, -0.25) is 9.78 Å². The molecule has 2 atom stereocenters. The van der Waals surface area contributed by atoms with Gasteiger partial charge in [0.05, 0.1) is 12.4 Å². The molecule has 2 unspecified atom stereocenters. The summed E-state index contributed by atoms with van der Waals surface area (Å²) in [5.74, 6) is 0.749. The lowest BCUT2D eigenvalue weighted by molar-refractivity contribution is 0.0544. The van der Waals surface area contributed by atoms with Crippen molar-refractivity contribution in [3.05, 3.63) is 18.1 Å². The summed E-state index contributed by atoms with van der Waals surface area (Å²) in [4.78, 5) is 22.1. The van der Waals surface area contributed by atoms with Gasteiger partial charge in [0, 0.05) is 12.6 Å². The number of carbonyl (C=O) groups excluding carboxylic acids is 1. The van der Waals surface area contributed by atoms with Gasteiger partial charge in [-0.15, -0.1) is 0 Å². The Morgan fingerprint density at radius 2 is 2.24 bits per heavy atom. The molecule has 0 radical (unpaired) electrons. The first kappa shape index (κ1) is 11.8. The smallest absolute Gasteiger partial charge is 0.274 e. The van der Waals surface area contributed by atoms with Gasteiger partial charge < -0.3 is 10.6 Å². The number of carbonyl (C=O) groups is 1. The predicted molar refractivity (Wildman–Crippen MR) is 65.3 cm³/mol. The molecule has 0 saturated carbocycles. The topological polar surface area (TPSA) is 72.1 Å². The van der Waals surface area contributed by atoms with E-state index in [1.54, 1.807) is 0 Å². The highest BCUT2D eigenvalue weighted by atomic mass is 16.2. The molecule has 2 rings (SSSR count). The van der Waals surface area contributed by atoms with Crippen LogP contribution in [0.15, 0.2) is 12.4 Å². The van der Waals surface area contributed by atoms with Crippen LogP contribution < -0.4 is 5.73 Å². The third-order valence-electron chi connectivity index (χ3n) is 3.51. The molecule has 1 fully saturated rings. The van der Waals surface area contributed by atoms with Crippen LogP contribution in [0.3, 0.4) is 0 Å². The quantitative estimate of drug-likeness (QED) is 0.795. The molecule has 0 bridgehead atoms. The van der Waals surface area contributed by atoms with Gasteiger partial charge in [-0.25, -0.2) is 4.98 Å². The standard InChI is InChI=1S/C12H18N4O/c1-8-4-3-5-16(9(8)2)12(17)10-6-14-7-11(13)15-10/h6-9H,3-5H2,1-2H3,(H2,13,15).